The first-order chi connectivity index (χ1) is 16.3. The molecule has 3 N–H and O–H groups in total. The zero-order valence-electron chi connectivity index (χ0n) is 21.6. The van der Waals surface area contributed by atoms with Crippen LogP contribution in [0.5, 0.6) is 11.5 Å². The molecule has 0 aliphatic heterocycles. The highest BCUT2D eigenvalue weighted by atomic mass is 16.6. The van der Waals surface area contributed by atoms with Crippen molar-refractivity contribution in [2.75, 3.05) is 0 Å². The summed E-state index contributed by atoms with van der Waals surface area (Å²) in [5, 5.41) is 9.85. The summed E-state index contributed by atoms with van der Waals surface area (Å²) in [7, 11) is 0. The van der Waals surface area contributed by atoms with E-state index in [-0.39, 0.29) is 30.8 Å². The molecule has 1 rings (SSSR count). The summed E-state index contributed by atoms with van der Waals surface area (Å²) in [5.41, 5.74) is 4.95. The highest BCUT2D eigenvalue weighted by molar-refractivity contribution is 5.80. The highest BCUT2D eigenvalue weighted by Crippen LogP contribution is 2.32. The fraction of sp³-hybridized carbons (Fsp3) is 0.615. The van der Waals surface area contributed by atoms with Crippen molar-refractivity contribution in [2.24, 2.45) is 17.6 Å². The van der Waals surface area contributed by atoms with Crippen LogP contribution >= 0.6 is 0 Å². The molecule has 2 atom stereocenters. The monoisotopic (exact) mass is 493 g/mol. The molecule has 0 saturated heterocycles. The third-order valence-corrected chi connectivity index (χ3v) is 5.29. The molecule has 9 heteroatoms. The number of carboxylic acid groups (broad SMARTS) is 1. The fourth-order valence-corrected chi connectivity index (χ4v) is 3.24. The van der Waals surface area contributed by atoms with Gasteiger partial charge in [-0.25, -0.2) is 0 Å². The quantitative estimate of drug-likeness (QED) is 0.223. The van der Waals surface area contributed by atoms with Crippen LogP contribution in [0.3, 0.4) is 0 Å². The second-order valence-electron chi connectivity index (χ2n) is 9.53. The molecule has 0 saturated carbocycles. The molecule has 0 aromatic heterocycles. The van der Waals surface area contributed by atoms with Crippen molar-refractivity contribution in [3.63, 3.8) is 0 Å². The molecule has 0 aliphatic rings. The van der Waals surface area contributed by atoms with Crippen LogP contribution in [0.25, 0.3) is 0 Å². The van der Waals surface area contributed by atoms with Crippen molar-refractivity contribution in [3.8, 4) is 11.5 Å². The Morgan fingerprint density at radius 1 is 0.943 bits per heavy atom. The Morgan fingerprint density at radius 3 is 2.03 bits per heavy atom. The molecule has 9 nitrogen and oxygen atoms in total. The molecular weight excluding hydrogens is 454 g/mol. The summed E-state index contributed by atoms with van der Waals surface area (Å²) in [5.74, 6) is -3.49. The molecule has 0 spiro atoms. The summed E-state index contributed by atoms with van der Waals surface area (Å²) in [6.45, 7) is 10.3. The average molecular weight is 494 g/mol. The molecule has 35 heavy (non-hydrogen) atoms. The van der Waals surface area contributed by atoms with E-state index in [1.807, 2.05) is 6.92 Å². The Morgan fingerprint density at radius 2 is 1.51 bits per heavy atom. The predicted octanol–water partition coefficient (Wildman–Crippen LogP) is 4.04. The van der Waals surface area contributed by atoms with E-state index < -0.39 is 47.4 Å². The molecule has 0 aliphatic carbocycles. The Labute approximate surface area is 207 Å². The molecule has 1 aromatic carbocycles. The van der Waals surface area contributed by atoms with Crippen LogP contribution in [0.2, 0.25) is 0 Å². The number of esters is 3. The highest BCUT2D eigenvalue weighted by Gasteiger charge is 2.37. The molecule has 0 amide bonds. The van der Waals surface area contributed by atoms with Crippen LogP contribution in [0, 0.1) is 11.8 Å². The number of carboxylic acids is 1. The van der Waals surface area contributed by atoms with Gasteiger partial charge in [0, 0.05) is 19.3 Å². The van der Waals surface area contributed by atoms with E-state index in [9.17, 15) is 24.3 Å². The predicted molar refractivity (Wildman–Crippen MR) is 130 cm³/mol. The molecule has 196 valence electrons. The molecule has 0 radical (unpaired) electrons. The summed E-state index contributed by atoms with van der Waals surface area (Å²) >= 11 is 0. The van der Waals surface area contributed by atoms with E-state index in [4.69, 9.17) is 19.9 Å². The summed E-state index contributed by atoms with van der Waals surface area (Å²) < 4.78 is 16.1. The first-order valence-electron chi connectivity index (χ1n) is 12.1. The number of hydrogen-bond donors (Lipinski definition) is 2. The van der Waals surface area contributed by atoms with Crippen LogP contribution in [0.1, 0.15) is 79.2 Å². The molecular formula is C26H39NO8. The minimum Gasteiger partial charge on any atom is -0.480 e. The third kappa shape index (κ3) is 10.1. The van der Waals surface area contributed by atoms with Crippen LogP contribution in [-0.4, -0.2) is 40.6 Å². The van der Waals surface area contributed by atoms with E-state index in [0.29, 0.717) is 12.0 Å². The maximum Gasteiger partial charge on any atom is 0.324 e. The number of benzene rings is 1. The van der Waals surface area contributed by atoms with Crippen LogP contribution in [-0.2, 0) is 30.3 Å². The Balaban J connectivity index is 3.11. The van der Waals surface area contributed by atoms with Gasteiger partial charge in [-0.3, -0.25) is 19.2 Å². The lowest BCUT2D eigenvalue weighted by atomic mass is 9.86. The van der Waals surface area contributed by atoms with Gasteiger partial charge in [0.2, 0.25) is 0 Å². The number of rotatable bonds is 14. The molecule has 0 bridgehead atoms. The van der Waals surface area contributed by atoms with E-state index in [1.165, 1.54) is 12.1 Å². The number of aliphatic carboxylic acids is 1. The van der Waals surface area contributed by atoms with Crippen molar-refractivity contribution >= 4 is 23.9 Å². The Kier molecular flexibility index (Phi) is 11.9. The maximum absolute atomic E-state index is 12.2. The smallest absolute Gasteiger partial charge is 0.324 e. The first-order valence-corrected chi connectivity index (χ1v) is 12.1. The lowest BCUT2D eigenvalue weighted by molar-refractivity contribution is -0.153. The fourth-order valence-electron chi connectivity index (χ4n) is 3.24. The standard InChI is InChI=1S/C26H39NO8/c1-7-8-9-10-22(28)33-18(6)14-26(27,25(31)32)15-19-11-12-20(34-23(29)16(2)3)21(13-19)35-24(30)17(4)5/h11-13,16-18H,7-10,14-15,27H2,1-6H3,(H,31,32)/t18-,26?/m0/s1. The summed E-state index contributed by atoms with van der Waals surface area (Å²) in [6, 6.07) is 4.44. The summed E-state index contributed by atoms with van der Waals surface area (Å²) in [6.07, 6.45) is 1.89. The molecule has 1 aromatic rings. The van der Waals surface area contributed by atoms with Crippen LogP contribution < -0.4 is 15.2 Å². The van der Waals surface area contributed by atoms with Gasteiger partial charge in [-0.05, 0) is 31.0 Å². The second kappa shape index (κ2) is 13.8. The van der Waals surface area contributed by atoms with Gasteiger partial charge < -0.3 is 25.1 Å². The molecule has 1 unspecified atom stereocenters. The number of carbonyl (C=O) groups is 4. The lowest BCUT2D eigenvalue weighted by Crippen LogP contribution is -2.52. The topological polar surface area (TPSA) is 142 Å². The van der Waals surface area contributed by atoms with E-state index in [2.05, 4.69) is 0 Å². The van der Waals surface area contributed by atoms with Crippen molar-refractivity contribution in [3.05, 3.63) is 23.8 Å². The van der Waals surface area contributed by atoms with Crippen LogP contribution in [0.4, 0.5) is 0 Å². The SMILES string of the molecule is CCCCCC(=O)O[C@@H](C)CC(N)(Cc1ccc(OC(=O)C(C)C)c(OC(=O)C(C)C)c1)C(=O)O. The van der Waals surface area contributed by atoms with E-state index in [1.54, 1.807) is 40.7 Å². The normalized spacial score (nSPS) is 13.7. The van der Waals surface area contributed by atoms with Gasteiger partial charge in [0.1, 0.15) is 11.6 Å². The van der Waals surface area contributed by atoms with Gasteiger partial charge in [0.15, 0.2) is 11.5 Å². The summed E-state index contributed by atoms with van der Waals surface area (Å²) in [4.78, 5) is 48.4. The Bertz CT molecular complexity index is 895. The molecule has 0 fully saturated rings. The third-order valence-electron chi connectivity index (χ3n) is 5.29. The molecule has 0 heterocycles. The van der Waals surface area contributed by atoms with Gasteiger partial charge >= 0.3 is 23.9 Å². The van der Waals surface area contributed by atoms with Gasteiger partial charge in [0.25, 0.3) is 0 Å². The van der Waals surface area contributed by atoms with Crippen molar-refractivity contribution in [1.29, 1.82) is 0 Å². The first kappa shape index (κ1) is 30.1. The number of ether oxygens (including phenoxy) is 3. The van der Waals surface area contributed by atoms with Gasteiger partial charge in [0.05, 0.1) is 11.8 Å². The number of nitrogens with two attached hydrogens (primary N) is 1. The largest absolute Gasteiger partial charge is 0.480 e. The van der Waals surface area contributed by atoms with Crippen molar-refractivity contribution in [2.45, 2.75) is 91.7 Å². The minimum absolute atomic E-state index is 0.00154. The maximum atomic E-state index is 12.2. The van der Waals surface area contributed by atoms with Gasteiger partial charge in [-0.2, -0.15) is 0 Å². The Hall–Kier alpha value is -2.94. The second-order valence-corrected chi connectivity index (χ2v) is 9.53. The van der Waals surface area contributed by atoms with E-state index >= 15 is 0 Å². The minimum atomic E-state index is -1.75. The number of unbranched alkanes of at least 4 members (excludes halogenated alkanes) is 2. The van der Waals surface area contributed by atoms with Gasteiger partial charge in [-0.15, -0.1) is 0 Å². The zero-order valence-corrected chi connectivity index (χ0v) is 21.6. The van der Waals surface area contributed by atoms with Crippen LogP contribution in [0.15, 0.2) is 18.2 Å². The lowest BCUT2D eigenvalue weighted by Gasteiger charge is -2.28. The average Bonchev–Trinajstić information content (AvgIpc) is 2.75. The van der Waals surface area contributed by atoms with E-state index in [0.717, 1.165) is 12.8 Å². The van der Waals surface area contributed by atoms with Crippen molar-refractivity contribution < 1.29 is 38.5 Å². The van der Waals surface area contributed by atoms with Crippen molar-refractivity contribution in [1.82, 2.24) is 0 Å². The number of hydrogen-bond acceptors (Lipinski definition) is 8. The van der Waals surface area contributed by atoms with Gasteiger partial charge in [-0.1, -0.05) is 53.5 Å². The zero-order chi connectivity index (χ0) is 26.8. The number of carbonyl (C=O) groups excluding carboxylic acids is 3.